The molecule has 1 aromatic rings. The van der Waals surface area contributed by atoms with Crippen molar-refractivity contribution < 1.29 is 18.3 Å². The predicted molar refractivity (Wildman–Crippen MR) is 84.2 cm³/mol. The molecule has 0 radical (unpaired) electrons. The van der Waals surface area contributed by atoms with Crippen molar-refractivity contribution in [3.8, 4) is 11.5 Å². The number of halogens is 3. The van der Waals surface area contributed by atoms with E-state index in [0.29, 0.717) is 18.4 Å². The van der Waals surface area contributed by atoms with E-state index >= 15 is 0 Å². The van der Waals surface area contributed by atoms with E-state index in [1.54, 1.807) is 12.1 Å². The van der Waals surface area contributed by atoms with Gasteiger partial charge < -0.3 is 14.8 Å². The first kappa shape index (κ1) is 18.9. The van der Waals surface area contributed by atoms with Gasteiger partial charge in [0, 0.05) is 32.2 Å². The van der Waals surface area contributed by atoms with Gasteiger partial charge in [-0.25, -0.2) is 0 Å². The van der Waals surface area contributed by atoms with Gasteiger partial charge in [0.2, 0.25) is 0 Å². The summed E-state index contributed by atoms with van der Waals surface area (Å²) in [6.07, 6.45) is 0. The zero-order valence-electron chi connectivity index (χ0n) is 12.9. The maximum atomic E-state index is 12.4. The summed E-state index contributed by atoms with van der Waals surface area (Å²) in [4.78, 5) is 2.33. The fourth-order valence-corrected chi connectivity index (χ4v) is 2.53. The molecular weight excluding hydrogens is 314 g/mol. The third kappa shape index (κ3) is 5.59. The maximum absolute atomic E-state index is 12.4. The lowest BCUT2D eigenvalue weighted by Gasteiger charge is -2.31. The van der Waals surface area contributed by atoms with Crippen LogP contribution in [0.25, 0.3) is 0 Å². The molecule has 0 bridgehead atoms. The molecule has 1 aliphatic heterocycles. The number of rotatable bonds is 6. The first-order valence-electron chi connectivity index (χ1n) is 7.24. The van der Waals surface area contributed by atoms with E-state index < -0.39 is 6.61 Å². The van der Waals surface area contributed by atoms with Crippen molar-refractivity contribution >= 4 is 12.4 Å². The molecular formula is C15H23ClF2N2O2. The van der Waals surface area contributed by atoms with Crippen LogP contribution < -0.4 is 14.8 Å². The molecule has 1 saturated heterocycles. The van der Waals surface area contributed by atoms with Crippen molar-refractivity contribution in [2.24, 2.45) is 0 Å². The third-order valence-corrected chi connectivity index (χ3v) is 3.38. The second-order valence-corrected chi connectivity index (χ2v) is 5.18. The number of piperazine rings is 1. The van der Waals surface area contributed by atoms with E-state index in [0.717, 1.165) is 31.7 Å². The first-order chi connectivity index (χ1) is 10.1. The van der Waals surface area contributed by atoms with Gasteiger partial charge >= 0.3 is 6.61 Å². The Morgan fingerprint density at radius 2 is 2.14 bits per heavy atom. The second-order valence-electron chi connectivity index (χ2n) is 5.18. The summed E-state index contributed by atoms with van der Waals surface area (Å²) >= 11 is 0. The van der Waals surface area contributed by atoms with Crippen LogP contribution in [-0.4, -0.2) is 43.8 Å². The van der Waals surface area contributed by atoms with Crippen LogP contribution in [0.5, 0.6) is 11.5 Å². The molecule has 1 atom stereocenters. The molecule has 1 unspecified atom stereocenters. The Balaban J connectivity index is 0.00000242. The van der Waals surface area contributed by atoms with Crippen LogP contribution in [0.3, 0.4) is 0 Å². The minimum atomic E-state index is -2.84. The summed E-state index contributed by atoms with van der Waals surface area (Å²) in [6.45, 7) is 5.22. The van der Waals surface area contributed by atoms with Crippen LogP contribution >= 0.6 is 12.4 Å². The van der Waals surface area contributed by atoms with Crippen molar-refractivity contribution in [2.45, 2.75) is 33.0 Å². The number of ether oxygens (including phenoxy) is 2. The number of benzene rings is 1. The average molecular weight is 337 g/mol. The number of alkyl halides is 2. The molecule has 1 N–H and O–H groups in total. The zero-order valence-corrected chi connectivity index (χ0v) is 13.7. The lowest BCUT2D eigenvalue weighted by atomic mass is 10.1. The summed E-state index contributed by atoms with van der Waals surface area (Å²) in [5, 5.41) is 3.39. The van der Waals surface area contributed by atoms with Crippen LogP contribution in [0.15, 0.2) is 18.2 Å². The summed E-state index contributed by atoms with van der Waals surface area (Å²) in [6, 6.07) is 5.62. The highest BCUT2D eigenvalue weighted by Gasteiger charge is 2.17. The molecule has 1 fully saturated rings. The SMILES string of the molecule is CCOc1cc(CN2CCNC(C)C2)ccc1OC(F)F.Cl. The topological polar surface area (TPSA) is 33.7 Å². The minimum Gasteiger partial charge on any atom is -0.490 e. The molecule has 4 nitrogen and oxygen atoms in total. The van der Waals surface area contributed by atoms with Gasteiger partial charge in [-0.05, 0) is 31.5 Å². The van der Waals surface area contributed by atoms with Crippen LogP contribution in [0, 0.1) is 0 Å². The normalized spacial score (nSPS) is 18.9. The summed E-state index contributed by atoms with van der Waals surface area (Å²) < 4.78 is 34.6. The first-order valence-corrected chi connectivity index (χ1v) is 7.24. The van der Waals surface area contributed by atoms with Crippen molar-refractivity contribution in [2.75, 3.05) is 26.2 Å². The van der Waals surface area contributed by atoms with Gasteiger partial charge in [-0.3, -0.25) is 4.90 Å². The van der Waals surface area contributed by atoms with Crippen molar-refractivity contribution in [1.29, 1.82) is 0 Å². The molecule has 22 heavy (non-hydrogen) atoms. The van der Waals surface area contributed by atoms with Crippen LogP contribution in [0.1, 0.15) is 19.4 Å². The van der Waals surface area contributed by atoms with Gasteiger partial charge in [0.15, 0.2) is 11.5 Å². The zero-order chi connectivity index (χ0) is 15.2. The van der Waals surface area contributed by atoms with Gasteiger partial charge in [-0.2, -0.15) is 8.78 Å². The lowest BCUT2D eigenvalue weighted by molar-refractivity contribution is -0.0514. The molecule has 1 aromatic carbocycles. The van der Waals surface area contributed by atoms with E-state index in [2.05, 4.69) is 21.9 Å². The van der Waals surface area contributed by atoms with Gasteiger partial charge in [-0.1, -0.05) is 6.07 Å². The summed E-state index contributed by atoms with van der Waals surface area (Å²) in [5.74, 6) is 0.461. The van der Waals surface area contributed by atoms with Crippen molar-refractivity contribution in [1.82, 2.24) is 10.2 Å². The van der Waals surface area contributed by atoms with E-state index in [9.17, 15) is 8.78 Å². The Morgan fingerprint density at radius 3 is 2.77 bits per heavy atom. The Morgan fingerprint density at radius 1 is 1.36 bits per heavy atom. The monoisotopic (exact) mass is 336 g/mol. The third-order valence-electron chi connectivity index (χ3n) is 3.38. The molecule has 0 saturated carbocycles. The van der Waals surface area contributed by atoms with E-state index in [1.165, 1.54) is 0 Å². The van der Waals surface area contributed by atoms with E-state index in [4.69, 9.17) is 4.74 Å². The molecule has 7 heteroatoms. The Bertz CT molecular complexity index is 463. The Hall–Kier alpha value is -1.11. The van der Waals surface area contributed by atoms with Gasteiger partial charge in [0.25, 0.3) is 0 Å². The molecule has 1 aliphatic rings. The van der Waals surface area contributed by atoms with Crippen LogP contribution in [-0.2, 0) is 6.54 Å². The average Bonchev–Trinajstić information content (AvgIpc) is 2.41. The van der Waals surface area contributed by atoms with Crippen LogP contribution in [0.4, 0.5) is 8.78 Å². The molecule has 1 heterocycles. The smallest absolute Gasteiger partial charge is 0.387 e. The Labute approximate surface area is 136 Å². The standard InChI is InChI=1S/C15H22F2N2O2.ClH/c1-3-20-14-8-12(4-5-13(14)21-15(16)17)10-19-7-6-18-11(2)9-19;/h4-5,8,11,15,18H,3,6-7,9-10H2,1-2H3;1H. The van der Waals surface area contributed by atoms with Gasteiger partial charge in [0.1, 0.15) is 0 Å². The van der Waals surface area contributed by atoms with Crippen molar-refractivity contribution in [3.63, 3.8) is 0 Å². The highest BCUT2D eigenvalue weighted by molar-refractivity contribution is 5.85. The highest BCUT2D eigenvalue weighted by atomic mass is 35.5. The maximum Gasteiger partial charge on any atom is 0.387 e. The largest absolute Gasteiger partial charge is 0.490 e. The number of hydrogen-bond donors (Lipinski definition) is 1. The summed E-state index contributed by atoms with van der Waals surface area (Å²) in [7, 11) is 0. The molecule has 2 rings (SSSR count). The Kier molecular flexibility index (Phi) is 7.85. The predicted octanol–water partition coefficient (Wildman–Crippen LogP) is 2.90. The number of nitrogens with zero attached hydrogens (tertiary/aromatic N) is 1. The van der Waals surface area contributed by atoms with Crippen molar-refractivity contribution in [3.05, 3.63) is 23.8 Å². The molecule has 0 aromatic heterocycles. The summed E-state index contributed by atoms with van der Waals surface area (Å²) in [5.41, 5.74) is 1.04. The lowest BCUT2D eigenvalue weighted by Crippen LogP contribution is -2.48. The molecule has 0 aliphatic carbocycles. The molecule has 0 amide bonds. The number of hydrogen-bond acceptors (Lipinski definition) is 4. The minimum absolute atomic E-state index is 0. The fourth-order valence-electron chi connectivity index (χ4n) is 2.53. The molecule has 126 valence electrons. The number of nitrogens with one attached hydrogen (secondary N) is 1. The highest BCUT2D eigenvalue weighted by Crippen LogP contribution is 2.30. The van der Waals surface area contributed by atoms with E-state index in [-0.39, 0.29) is 18.2 Å². The van der Waals surface area contributed by atoms with Gasteiger partial charge in [-0.15, -0.1) is 12.4 Å². The quantitative estimate of drug-likeness (QED) is 0.866. The van der Waals surface area contributed by atoms with Gasteiger partial charge in [0.05, 0.1) is 6.61 Å². The second kappa shape index (κ2) is 9.12. The molecule has 0 spiro atoms. The van der Waals surface area contributed by atoms with Crippen LogP contribution in [0.2, 0.25) is 0 Å². The fraction of sp³-hybridized carbons (Fsp3) is 0.600. The van der Waals surface area contributed by atoms with E-state index in [1.807, 2.05) is 13.0 Å².